The van der Waals surface area contributed by atoms with E-state index < -0.39 is 0 Å². The average Bonchev–Trinajstić information content (AvgIpc) is 2.82. The van der Waals surface area contributed by atoms with Gasteiger partial charge in [-0.2, -0.15) is 0 Å². The van der Waals surface area contributed by atoms with E-state index in [1.807, 2.05) is 0 Å². The molecule has 0 atom stereocenters. The summed E-state index contributed by atoms with van der Waals surface area (Å²) in [5, 5.41) is 5.96. The van der Waals surface area contributed by atoms with Crippen molar-refractivity contribution in [1.29, 1.82) is 0 Å². The van der Waals surface area contributed by atoms with E-state index in [-0.39, 0.29) is 24.0 Å². The van der Waals surface area contributed by atoms with Gasteiger partial charge in [-0.1, -0.05) is 42.5 Å². The molecule has 2 aromatic carbocycles. The van der Waals surface area contributed by atoms with Crippen molar-refractivity contribution in [3.8, 4) is 0 Å². The largest absolute Gasteiger partial charge is 0.372 e. The zero-order valence-electron chi connectivity index (χ0n) is 9.52. The van der Waals surface area contributed by atoms with Crippen LogP contribution in [0.3, 0.4) is 0 Å². The maximum Gasteiger partial charge on any atom is 0.101 e. The van der Waals surface area contributed by atoms with Gasteiger partial charge < -0.3 is 5.32 Å². The summed E-state index contributed by atoms with van der Waals surface area (Å²) in [4.78, 5) is 4.44. The van der Waals surface area contributed by atoms with Crippen LogP contribution in [0.15, 0.2) is 47.5 Å². The number of benzene rings is 2. The maximum absolute atomic E-state index is 4.44. The van der Waals surface area contributed by atoms with Gasteiger partial charge in [0.2, 0.25) is 0 Å². The van der Waals surface area contributed by atoms with Crippen LogP contribution in [0.5, 0.6) is 0 Å². The number of hydrogen-bond donors (Lipinski definition) is 1. The second-order valence-electron chi connectivity index (χ2n) is 4.07. The summed E-state index contributed by atoms with van der Waals surface area (Å²) in [6, 6.07) is 15.0. The van der Waals surface area contributed by atoms with Crippen LogP contribution in [0.2, 0.25) is 0 Å². The minimum absolute atomic E-state index is 0. The second-order valence-corrected chi connectivity index (χ2v) is 4.07. The quantitative estimate of drug-likeness (QED) is 0.837. The molecule has 0 radical (unpaired) electrons. The van der Waals surface area contributed by atoms with Crippen LogP contribution in [0.1, 0.15) is 5.56 Å². The molecule has 0 aromatic heterocycles. The zero-order chi connectivity index (χ0) is 10.8. The number of hydrogen-bond acceptors (Lipinski definition) is 2. The summed E-state index contributed by atoms with van der Waals surface area (Å²) in [6.45, 7) is 1.90. The fourth-order valence-electron chi connectivity index (χ4n) is 2.19. The number of nitrogens with zero attached hydrogens (tertiary/aromatic N) is 1. The van der Waals surface area contributed by atoms with Crippen molar-refractivity contribution in [3.63, 3.8) is 0 Å². The lowest BCUT2D eigenvalue weighted by Crippen LogP contribution is -2.20. The van der Waals surface area contributed by atoms with Gasteiger partial charge in [0.25, 0.3) is 0 Å². The molecule has 1 heterocycles. The lowest BCUT2D eigenvalue weighted by Gasteiger charge is -2.06. The minimum atomic E-state index is 0. The highest BCUT2D eigenvalue weighted by Crippen LogP contribution is 2.19. The lowest BCUT2D eigenvalue weighted by atomic mass is 10.0. The van der Waals surface area contributed by atoms with Crippen LogP contribution in [0.4, 0.5) is 0 Å². The standard InChI is InChI=1S/C14H14N2.HI/c1-2-7-13-11(4-1)5-3-6-12(13)10-14-15-8-9-16-14;/h1-7H,8-10H2,(H,15,16);1H. The van der Waals surface area contributed by atoms with E-state index in [1.54, 1.807) is 0 Å². The van der Waals surface area contributed by atoms with Crippen LogP contribution in [0.25, 0.3) is 10.8 Å². The Morgan fingerprint density at radius 2 is 1.88 bits per heavy atom. The smallest absolute Gasteiger partial charge is 0.101 e. The molecular weight excluding hydrogens is 323 g/mol. The number of fused-ring (bicyclic) bond motifs is 1. The van der Waals surface area contributed by atoms with E-state index in [1.165, 1.54) is 16.3 Å². The van der Waals surface area contributed by atoms with Gasteiger partial charge in [-0.15, -0.1) is 24.0 Å². The number of aliphatic imine (C=N–C) groups is 1. The maximum atomic E-state index is 4.44. The first-order chi connectivity index (χ1) is 7.93. The van der Waals surface area contributed by atoms with Crippen LogP contribution < -0.4 is 5.32 Å². The Bertz CT molecular complexity index is 543. The van der Waals surface area contributed by atoms with Crippen molar-refractivity contribution < 1.29 is 0 Å². The third kappa shape index (κ3) is 2.60. The predicted molar refractivity (Wildman–Crippen MR) is 83.4 cm³/mol. The Morgan fingerprint density at radius 1 is 1.06 bits per heavy atom. The average molecular weight is 338 g/mol. The van der Waals surface area contributed by atoms with Crippen LogP contribution in [-0.2, 0) is 6.42 Å². The van der Waals surface area contributed by atoms with Gasteiger partial charge in [0.15, 0.2) is 0 Å². The molecule has 3 rings (SSSR count). The predicted octanol–water partition coefficient (Wildman–Crippen LogP) is 3.00. The van der Waals surface area contributed by atoms with Gasteiger partial charge in [-0.25, -0.2) is 0 Å². The Labute approximate surface area is 118 Å². The number of halogens is 1. The molecule has 1 aliphatic rings. The minimum Gasteiger partial charge on any atom is -0.372 e. The molecule has 0 spiro atoms. The first kappa shape index (κ1) is 12.4. The van der Waals surface area contributed by atoms with Crippen molar-refractivity contribution in [1.82, 2.24) is 5.32 Å². The van der Waals surface area contributed by atoms with E-state index in [0.717, 1.165) is 25.3 Å². The van der Waals surface area contributed by atoms with E-state index in [0.29, 0.717) is 0 Å². The lowest BCUT2D eigenvalue weighted by molar-refractivity contribution is 0.954. The van der Waals surface area contributed by atoms with Crippen molar-refractivity contribution >= 4 is 40.6 Å². The molecule has 0 bridgehead atoms. The molecule has 2 aromatic rings. The normalized spacial score (nSPS) is 14.0. The van der Waals surface area contributed by atoms with E-state index in [2.05, 4.69) is 52.8 Å². The van der Waals surface area contributed by atoms with Gasteiger partial charge in [0.05, 0.1) is 6.54 Å². The molecule has 1 N–H and O–H groups in total. The topological polar surface area (TPSA) is 24.4 Å². The monoisotopic (exact) mass is 338 g/mol. The molecule has 0 fully saturated rings. The Kier molecular flexibility index (Phi) is 3.99. The van der Waals surface area contributed by atoms with Gasteiger partial charge in [0.1, 0.15) is 5.84 Å². The van der Waals surface area contributed by atoms with E-state index in [4.69, 9.17) is 0 Å². The second kappa shape index (κ2) is 5.49. The first-order valence-corrected chi connectivity index (χ1v) is 5.67. The molecule has 88 valence electrons. The van der Waals surface area contributed by atoms with Crippen molar-refractivity contribution in [2.24, 2.45) is 4.99 Å². The molecule has 0 amide bonds. The van der Waals surface area contributed by atoms with Gasteiger partial charge in [-0.05, 0) is 16.3 Å². The Balaban J connectivity index is 0.00000108. The SMILES string of the molecule is I.c1ccc2c(CC3=NCCN3)cccc2c1. The highest BCUT2D eigenvalue weighted by atomic mass is 127. The molecule has 17 heavy (non-hydrogen) atoms. The van der Waals surface area contributed by atoms with Gasteiger partial charge in [-0.3, -0.25) is 4.99 Å². The highest BCUT2D eigenvalue weighted by Gasteiger charge is 2.07. The molecular formula is C14H15IN2. The molecule has 0 aliphatic carbocycles. The molecule has 0 unspecified atom stereocenters. The van der Waals surface area contributed by atoms with Crippen LogP contribution in [-0.4, -0.2) is 18.9 Å². The summed E-state index contributed by atoms with van der Waals surface area (Å²) in [7, 11) is 0. The fraction of sp³-hybridized carbons (Fsp3) is 0.214. The van der Waals surface area contributed by atoms with Crippen molar-refractivity contribution in [2.75, 3.05) is 13.1 Å². The fourth-order valence-corrected chi connectivity index (χ4v) is 2.19. The molecule has 3 heteroatoms. The van der Waals surface area contributed by atoms with Gasteiger partial charge in [0, 0.05) is 13.0 Å². The Hall–Kier alpha value is -1.10. The summed E-state index contributed by atoms with van der Waals surface area (Å²) in [5.41, 5.74) is 1.35. The molecule has 0 saturated carbocycles. The summed E-state index contributed by atoms with van der Waals surface area (Å²) >= 11 is 0. The summed E-state index contributed by atoms with van der Waals surface area (Å²) in [6.07, 6.45) is 0.918. The Morgan fingerprint density at radius 3 is 2.71 bits per heavy atom. The van der Waals surface area contributed by atoms with Gasteiger partial charge >= 0.3 is 0 Å². The van der Waals surface area contributed by atoms with E-state index in [9.17, 15) is 0 Å². The van der Waals surface area contributed by atoms with E-state index >= 15 is 0 Å². The highest BCUT2D eigenvalue weighted by molar-refractivity contribution is 14.0. The number of rotatable bonds is 2. The summed E-state index contributed by atoms with van der Waals surface area (Å²) < 4.78 is 0. The third-order valence-corrected chi connectivity index (χ3v) is 2.98. The third-order valence-electron chi connectivity index (χ3n) is 2.98. The number of amidine groups is 1. The van der Waals surface area contributed by atoms with Crippen molar-refractivity contribution in [2.45, 2.75) is 6.42 Å². The summed E-state index contributed by atoms with van der Waals surface area (Å²) in [5.74, 6) is 1.12. The van der Waals surface area contributed by atoms with Crippen LogP contribution in [0, 0.1) is 0 Å². The molecule has 1 aliphatic heterocycles. The van der Waals surface area contributed by atoms with Crippen LogP contribution >= 0.6 is 24.0 Å². The first-order valence-electron chi connectivity index (χ1n) is 5.67. The molecule has 0 saturated heterocycles. The molecule has 2 nitrogen and oxygen atoms in total. The van der Waals surface area contributed by atoms with Crippen molar-refractivity contribution in [3.05, 3.63) is 48.0 Å². The zero-order valence-corrected chi connectivity index (χ0v) is 11.8. The number of nitrogens with one attached hydrogen (secondary N) is 1.